The summed E-state index contributed by atoms with van der Waals surface area (Å²) in [6.45, 7) is 6.62. The van der Waals surface area contributed by atoms with Gasteiger partial charge in [0.05, 0.1) is 17.1 Å². The molecule has 4 rings (SSSR count). The first-order chi connectivity index (χ1) is 13.5. The van der Waals surface area contributed by atoms with Crippen LogP contribution in [0.25, 0.3) is 11.0 Å². The lowest BCUT2D eigenvalue weighted by Crippen LogP contribution is -2.13. The van der Waals surface area contributed by atoms with E-state index in [2.05, 4.69) is 18.9 Å². The van der Waals surface area contributed by atoms with Gasteiger partial charge in [-0.15, -0.1) is 0 Å². The first-order valence-corrected chi connectivity index (χ1v) is 9.77. The molecule has 1 aromatic carbocycles. The minimum Gasteiger partial charge on any atom is -0.490 e. The molecule has 3 aromatic rings. The number of pyridine rings is 1. The third kappa shape index (κ3) is 3.86. The fourth-order valence-corrected chi connectivity index (χ4v) is 3.25. The Hall–Kier alpha value is -2.89. The minimum atomic E-state index is -0.356. The zero-order valence-corrected chi connectivity index (χ0v) is 16.5. The lowest BCUT2D eigenvalue weighted by molar-refractivity contribution is 0.0452. The summed E-state index contributed by atoms with van der Waals surface area (Å²) in [6, 6.07) is 9.84. The molecular formula is C22H25N3O3. The topological polar surface area (TPSA) is 66.2 Å². The molecule has 1 saturated carbocycles. The third-order valence-electron chi connectivity index (χ3n) is 4.87. The van der Waals surface area contributed by atoms with Crippen molar-refractivity contribution in [3.8, 4) is 5.75 Å². The molecule has 0 radical (unpaired) electrons. The van der Waals surface area contributed by atoms with Gasteiger partial charge in [0.1, 0.15) is 19.0 Å². The molecule has 28 heavy (non-hydrogen) atoms. The van der Waals surface area contributed by atoms with Crippen LogP contribution in [0.3, 0.4) is 0 Å². The summed E-state index contributed by atoms with van der Waals surface area (Å²) < 4.78 is 13.0. The van der Waals surface area contributed by atoms with Gasteiger partial charge < -0.3 is 9.47 Å². The quantitative estimate of drug-likeness (QED) is 0.449. The van der Waals surface area contributed by atoms with Crippen LogP contribution < -0.4 is 4.74 Å². The molecule has 6 nitrogen and oxygen atoms in total. The number of carbonyl (C=O) groups excluding carboxylic acids is 1. The number of ether oxygens (including phenoxy) is 2. The summed E-state index contributed by atoms with van der Waals surface area (Å²) in [5.41, 5.74) is 3.37. The molecule has 2 heterocycles. The predicted octanol–water partition coefficient (Wildman–Crippen LogP) is 4.43. The van der Waals surface area contributed by atoms with Crippen LogP contribution in [-0.2, 0) is 4.74 Å². The minimum absolute atomic E-state index is 0.172. The predicted molar refractivity (Wildman–Crippen MR) is 107 cm³/mol. The van der Waals surface area contributed by atoms with Crippen molar-refractivity contribution >= 4 is 17.0 Å². The van der Waals surface area contributed by atoms with E-state index < -0.39 is 0 Å². The van der Waals surface area contributed by atoms with Gasteiger partial charge in [-0.1, -0.05) is 12.1 Å². The summed E-state index contributed by atoms with van der Waals surface area (Å²) >= 11 is 0. The van der Waals surface area contributed by atoms with Crippen LogP contribution in [0.2, 0.25) is 0 Å². The second-order valence-electron chi connectivity index (χ2n) is 7.59. The molecule has 146 valence electrons. The highest BCUT2D eigenvalue weighted by molar-refractivity contribution is 6.02. The van der Waals surface area contributed by atoms with E-state index in [0.29, 0.717) is 18.1 Å². The Labute approximate surface area is 164 Å². The highest BCUT2D eigenvalue weighted by Gasteiger charge is 2.28. The molecule has 1 aliphatic carbocycles. The second-order valence-corrected chi connectivity index (χ2v) is 7.59. The van der Waals surface area contributed by atoms with E-state index in [4.69, 9.17) is 14.5 Å². The van der Waals surface area contributed by atoms with E-state index in [9.17, 15) is 4.79 Å². The van der Waals surface area contributed by atoms with Gasteiger partial charge in [0.2, 0.25) is 0 Å². The number of hydrogen-bond acceptors (Lipinski definition) is 5. The molecule has 0 atom stereocenters. The number of fused-ring (bicyclic) bond motifs is 1. The van der Waals surface area contributed by atoms with Crippen LogP contribution in [0.4, 0.5) is 0 Å². The lowest BCUT2D eigenvalue weighted by Gasteiger charge is -2.11. The van der Waals surface area contributed by atoms with E-state index in [1.807, 2.05) is 41.9 Å². The summed E-state index contributed by atoms with van der Waals surface area (Å²) in [7, 11) is 0. The maximum atomic E-state index is 12.8. The highest BCUT2D eigenvalue weighted by atomic mass is 16.6. The van der Waals surface area contributed by atoms with Gasteiger partial charge in [0, 0.05) is 17.7 Å². The molecular weight excluding hydrogens is 354 g/mol. The van der Waals surface area contributed by atoms with Crippen molar-refractivity contribution < 1.29 is 14.3 Å². The van der Waals surface area contributed by atoms with Crippen LogP contribution >= 0.6 is 0 Å². The van der Waals surface area contributed by atoms with Crippen LogP contribution in [0.1, 0.15) is 60.3 Å². The van der Waals surface area contributed by atoms with E-state index in [1.54, 1.807) is 6.20 Å². The maximum absolute atomic E-state index is 12.8. The average molecular weight is 379 g/mol. The lowest BCUT2D eigenvalue weighted by atomic mass is 10.1. The molecule has 0 saturated heterocycles. The van der Waals surface area contributed by atoms with Gasteiger partial charge in [-0.05, 0) is 57.4 Å². The van der Waals surface area contributed by atoms with Crippen molar-refractivity contribution in [3.63, 3.8) is 0 Å². The van der Waals surface area contributed by atoms with Gasteiger partial charge in [0.25, 0.3) is 0 Å². The first kappa shape index (κ1) is 18.5. The number of carbonyl (C=O) groups is 1. The third-order valence-corrected chi connectivity index (χ3v) is 4.87. The number of rotatable bonds is 7. The zero-order chi connectivity index (χ0) is 19.7. The number of nitrogens with zero attached hydrogens (tertiary/aromatic N) is 3. The molecule has 0 amide bonds. The molecule has 1 aliphatic rings. The van der Waals surface area contributed by atoms with Crippen molar-refractivity contribution in [1.82, 2.24) is 14.8 Å². The Morgan fingerprint density at radius 2 is 2.07 bits per heavy atom. The summed E-state index contributed by atoms with van der Waals surface area (Å²) in [6.07, 6.45) is 3.94. The van der Waals surface area contributed by atoms with Crippen LogP contribution in [0, 0.1) is 6.92 Å². The number of benzene rings is 1. The van der Waals surface area contributed by atoms with Gasteiger partial charge in [-0.25, -0.2) is 14.5 Å². The van der Waals surface area contributed by atoms with E-state index in [0.717, 1.165) is 40.9 Å². The number of aryl methyl sites for hydroxylation is 1. The standard InChI is InChI=1S/C22H25N3O3/c1-14(2)25-21-19(13-23-25)18(12-20(24-21)16-7-8-16)22(26)28-10-9-27-17-6-4-5-15(3)11-17/h4-6,11-14,16H,7-10H2,1-3H3. The van der Waals surface area contributed by atoms with E-state index in [-0.39, 0.29) is 18.6 Å². The van der Waals surface area contributed by atoms with Crippen molar-refractivity contribution in [2.24, 2.45) is 0 Å². The fourth-order valence-electron chi connectivity index (χ4n) is 3.25. The normalized spacial score (nSPS) is 13.9. The van der Waals surface area contributed by atoms with E-state index >= 15 is 0 Å². The largest absolute Gasteiger partial charge is 0.490 e. The van der Waals surface area contributed by atoms with E-state index in [1.165, 1.54) is 0 Å². The van der Waals surface area contributed by atoms with Crippen molar-refractivity contribution in [1.29, 1.82) is 0 Å². The van der Waals surface area contributed by atoms with Crippen LogP contribution in [-0.4, -0.2) is 33.9 Å². The molecule has 0 aliphatic heterocycles. The van der Waals surface area contributed by atoms with Crippen LogP contribution in [0.5, 0.6) is 5.75 Å². The first-order valence-electron chi connectivity index (χ1n) is 9.77. The Balaban J connectivity index is 1.48. The maximum Gasteiger partial charge on any atom is 0.339 e. The summed E-state index contributed by atoms with van der Waals surface area (Å²) in [5, 5.41) is 5.16. The SMILES string of the molecule is Cc1cccc(OCCOC(=O)c2cc(C3CC3)nc3c2cnn3C(C)C)c1. The zero-order valence-electron chi connectivity index (χ0n) is 16.5. The van der Waals surface area contributed by atoms with Crippen molar-refractivity contribution in [2.45, 2.75) is 45.6 Å². The number of esters is 1. The Morgan fingerprint density at radius 1 is 1.25 bits per heavy atom. The average Bonchev–Trinajstić information content (AvgIpc) is 3.43. The van der Waals surface area contributed by atoms with Crippen LogP contribution in [0.15, 0.2) is 36.5 Å². The van der Waals surface area contributed by atoms with Crippen molar-refractivity contribution in [3.05, 3.63) is 53.3 Å². The van der Waals surface area contributed by atoms with Gasteiger partial charge >= 0.3 is 5.97 Å². The molecule has 0 N–H and O–H groups in total. The smallest absolute Gasteiger partial charge is 0.339 e. The van der Waals surface area contributed by atoms with Crippen molar-refractivity contribution in [2.75, 3.05) is 13.2 Å². The summed E-state index contributed by atoms with van der Waals surface area (Å²) in [5.74, 6) is 0.859. The summed E-state index contributed by atoms with van der Waals surface area (Å²) in [4.78, 5) is 17.5. The van der Waals surface area contributed by atoms with Gasteiger partial charge in [-0.3, -0.25) is 0 Å². The van der Waals surface area contributed by atoms with Gasteiger partial charge in [-0.2, -0.15) is 5.10 Å². The Kier molecular flexibility index (Phi) is 5.03. The molecule has 0 spiro atoms. The second kappa shape index (κ2) is 7.62. The molecule has 0 bridgehead atoms. The van der Waals surface area contributed by atoms with Gasteiger partial charge in [0.15, 0.2) is 5.65 Å². The molecule has 2 aromatic heterocycles. The Bertz CT molecular complexity index is 1010. The monoisotopic (exact) mass is 379 g/mol. The molecule has 0 unspecified atom stereocenters. The highest BCUT2D eigenvalue weighted by Crippen LogP contribution is 2.40. The Morgan fingerprint density at radius 3 is 2.79 bits per heavy atom. The molecule has 1 fully saturated rings. The number of hydrogen-bond donors (Lipinski definition) is 0. The number of aromatic nitrogens is 3. The fraction of sp³-hybridized carbons (Fsp3) is 0.409. The molecule has 6 heteroatoms.